The molecule has 0 atom stereocenters. The highest BCUT2D eigenvalue weighted by Gasteiger charge is 2.25. The molecule has 0 saturated heterocycles. The SMILES string of the molecule is Cc1ccc2c(c1)C=Cc1cc(C)ccc1C2c1c[nH]c(=O)n(C)c1=S. The molecular formula is C22H20N2OS. The zero-order chi connectivity index (χ0) is 18.4. The largest absolute Gasteiger partial charge is 0.326 e. The maximum Gasteiger partial charge on any atom is 0.326 e. The van der Waals surface area contributed by atoms with E-state index in [1.165, 1.54) is 37.9 Å². The first kappa shape index (κ1) is 16.7. The Bertz CT molecular complexity index is 1110. The van der Waals surface area contributed by atoms with E-state index in [0.29, 0.717) is 4.64 Å². The Hall–Kier alpha value is -2.72. The van der Waals surface area contributed by atoms with E-state index in [1.807, 2.05) is 0 Å². The number of hydrogen-bond acceptors (Lipinski definition) is 2. The fraction of sp³-hybridized carbons (Fsp3) is 0.182. The number of nitrogens with zero attached hydrogens (tertiary/aromatic N) is 1. The van der Waals surface area contributed by atoms with E-state index < -0.39 is 0 Å². The zero-order valence-corrected chi connectivity index (χ0v) is 15.9. The molecule has 0 spiro atoms. The Balaban J connectivity index is 2.08. The summed E-state index contributed by atoms with van der Waals surface area (Å²) in [6, 6.07) is 13.0. The van der Waals surface area contributed by atoms with E-state index in [0.717, 1.165) is 5.56 Å². The second kappa shape index (κ2) is 6.22. The maximum absolute atomic E-state index is 12.0. The van der Waals surface area contributed by atoms with Gasteiger partial charge in [-0.15, -0.1) is 0 Å². The van der Waals surface area contributed by atoms with Crippen molar-refractivity contribution in [1.82, 2.24) is 9.55 Å². The number of benzene rings is 2. The van der Waals surface area contributed by atoms with Gasteiger partial charge in [0, 0.05) is 24.7 Å². The third kappa shape index (κ3) is 2.67. The van der Waals surface area contributed by atoms with E-state index in [1.54, 1.807) is 13.2 Å². The molecule has 0 saturated carbocycles. The third-order valence-corrected chi connectivity index (χ3v) is 5.58. The number of H-pyrrole nitrogens is 1. The molecule has 4 rings (SSSR count). The van der Waals surface area contributed by atoms with Crippen LogP contribution in [0, 0.1) is 18.5 Å². The van der Waals surface area contributed by atoms with E-state index in [4.69, 9.17) is 12.2 Å². The molecule has 3 nitrogen and oxygen atoms in total. The summed E-state index contributed by atoms with van der Waals surface area (Å²) in [5.74, 6) is -0.0215. The van der Waals surface area contributed by atoms with E-state index >= 15 is 0 Å². The minimum absolute atomic E-state index is 0.0215. The second-order valence-corrected chi connectivity index (χ2v) is 7.33. The summed E-state index contributed by atoms with van der Waals surface area (Å²) in [5, 5.41) is 0. The highest BCUT2D eigenvalue weighted by atomic mass is 32.1. The Kier molecular flexibility index (Phi) is 4.00. The van der Waals surface area contributed by atoms with Crippen molar-refractivity contribution >= 4 is 24.4 Å². The van der Waals surface area contributed by atoms with Gasteiger partial charge in [-0.25, -0.2) is 4.79 Å². The van der Waals surface area contributed by atoms with Crippen LogP contribution in [-0.2, 0) is 7.05 Å². The monoisotopic (exact) mass is 360 g/mol. The van der Waals surface area contributed by atoms with Crippen LogP contribution in [0.15, 0.2) is 47.4 Å². The molecule has 3 aromatic rings. The molecule has 130 valence electrons. The van der Waals surface area contributed by atoms with Crippen LogP contribution in [0.3, 0.4) is 0 Å². The molecule has 1 aromatic heterocycles. The maximum atomic E-state index is 12.0. The number of aromatic nitrogens is 2. The molecule has 1 aliphatic rings. The molecule has 0 fully saturated rings. The lowest BCUT2D eigenvalue weighted by Gasteiger charge is -2.22. The van der Waals surface area contributed by atoms with Gasteiger partial charge in [-0.05, 0) is 36.1 Å². The first-order valence-corrected chi connectivity index (χ1v) is 9.04. The van der Waals surface area contributed by atoms with Gasteiger partial charge in [-0.1, -0.05) is 71.9 Å². The second-order valence-electron chi connectivity index (χ2n) is 6.94. The summed E-state index contributed by atoms with van der Waals surface area (Å²) >= 11 is 5.64. The van der Waals surface area contributed by atoms with Crippen LogP contribution in [0.4, 0.5) is 0 Å². The van der Waals surface area contributed by atoms with Crippen molar-refractivity contribution < 1.29 is 0 Å². The van der Waals surface area contributed by atoms with Gasteiger partial charge in [0.25, 0.3) is 0 Å². The topological polar surface area (TPSA) is 37.8 Å². The summed E-state index contributed by atoms with van der Waals surface area (Å²) in [6.45, 7) is 4.20. The predicted molar refractivity (Wildman–Crippen MR) is 109 cm³/mol. The van der Waals surface area contributed by atoms with Gasteiger partial charge in [-0.3, -0.25) is 4.57 Å². The molecule has 0 radical (unpaired) electrons. The number of aromatic amines is 1. The molecule has 0 unspecified atom stereocenters. The average molecular weight is 360 g/mol. The molecule has 1 heterocycles. The fourth-order valence-corrected chi connectivity index (χ4v) is 3.94. The van der Waals surface area contributed by atoms with Crippen molar-refractivity contribution in [2.45, 2.75) is 19.8 Å². The molecule has 4 heteroatoms. The van der Waals surface area contributed by atoms with Gasteiger partial charge in [0.2, 0.25) is 0 Å². The first-order valence-electron chi connectivity index (χ1n) is 8.63. The van der Waals surface area contributed by atoms with Crippen molar-refractivity contribution in [3.63, 3.8) is 0 Å². The lowest BCUT2D eigenvalue weighted by Crippen LogP contribution is -2.22. The van der Waals surface area contributed by atoms with Crippen LogP contribution < -0.4 is 5.69 Å². The van der Waals surface area contributed by atoms with Crippen molar-refractivity contribution in [3.05, 3.63) is 96.7 Å². The normalized spacial score (nSPS) is 13.2. The lowest BCUT2D eigenvalue weighted by molar-refractivity contribution is 0.765. The third-order valence-electron chi connectivity index (χ3n) is 5.07. The lowest BCUT2D eigenvalue weighted by atomic mass is 9.83. The van der Waals surface area contributed by atoms with Gasteiger partial charge in [-0.2, -0.15) is 0 Å². The summed E-state index contributed by atoms with van der Waals surface area (Å²) in [5.41, 5.74) is 7.97. The van der Waals surface area contributed by atoms with E-state index in [2.05, 4.69) is 67.4 Å². The molecule has 2 aromatic carbocycles. The summed E-state index contributed by atoms with van der Waals surface area (Å²) in [6.07, 6.45) is 6.12. The van der Waals surface area contributed by atoms with Crippen molar-refractivity contribution in [3.8, 4) is 0 Å². The van der Waals surface area contributed by atoms with Gasteiger partial charge in [0.1, 0.15) is 4.64 Å². The zero-order valence-electron chi connectivity index (χ0n) is 15.0. The number of fused-ring (bicyclic) bond motifs is 2. The Morgan fingerprint density at radius 3 is 2.00 bits per heavy atom. The molecule has 0 amide bonds. The molecule has 0 bridgehead atoms. The summed E-state index contributed by atoms with van der Waals surface area (Å²) in [4.78, 5) is 14.8. The molecule has 0 aliphatic heterocycles. The van der Waals surface area contributed by atoms with Crippen LogP contribution in [0.5, 0.6) is 0 Å². The standard InChI is InChI=1S/C22H20N2OS/c1-13-4-8-17-15(10-13)6-7-16-11-14(2)5-9-18(16)20(17)19-12-23-22(25)24(3)21(19)26/h4-12,20H,1-3H3,(H,23,25). The molecule has 1 N–H and O–H groups in total. The highest BCUT2D eigenvalue weighted by molar-refractivity contribution is 7.71. The number of aryl methyl sites for hydroxylation is 2. The fourth-order valence-electron chi connectivity index (χ4n) is 3.68. The van der Waals surface area contributed by atoms with E-state index in [-0.39, 0.29) is 11.6 Å². The quantitative estimate of drug-likeness (QED) is 0.499. The van der Waals surface area contributed by atoms with Crippen molar-refractivity contribution in [1.29, 1.82) is 0 Å². The van der Waals surface area contributed by atoms with Crippen molar-refractivity contribution in [2.75, 3.05) is 0 Å². The smallest absolute Gasteiger partial charge is 0.314 e. The van der Waals surface area contributed by atoms with Crippen LogP contribution in [0.1, 0.15) is 44.9 Å². The Morgan fingerprint density at radius 1 is 0.923 bits per heavy atom. The molecule has 1 aliphatic carbocycles. The van der Waals surface area contributed by atoms with Gasteiger partial charge >= 0.3 is 5.69 Å². The average Bonchev–Trinajstić information content (AvgIpc) is 2.76. The number of rotatable bonds is 1. The van der Waals surface area contributed by atoms with Crippen molar-refractivity contribution in [2.24, 2.45) is 7.05 Å². The summed E-state index contributed by atoms with van der Waals surface area (Å²) < 4.78 is 2.07. The predicted octanol–water partition coefficient (Wildman–Crippen LogP) is 4.72. The highest BCUT2D eigenvalue weighted by Crippen LogP contribution is 2.39. The van der Waals surface area contributed by atoms with Crippen LogP contribution in [0.2, 0.25) is 0 Å². The van der Waals surface area contributed by atoms with E-state index in [9.17, 15) is 4.79 Å². The first-order chi connectivity index (χ1) is 12.5. The Labute approximate surface area is 157 Å². The summed E-state index contributed by atoms with van der Waals surface area (Å²) in [7, 11) is 1.71. The number of hydrogen-bond donors (Lipinski definition) is 1. The minimum atomic E-state index is -0.196. The minimum Gasteiger partial charge on any atom is -0.314 e. The Morgan fingerprint density at radius 2 is 1.46 bits per heavy atom. The van der Waals surface area contributed by atoms with Gasteiger partial charge in [0.15, 0.2) is 0 Å². The molecule has 26 heavy (non-hydrogen) atoms. The van der Waals surface area contributed by atoms with Gasteiger partial charge < -0.3 is 4.98 Å². The molecular weight excluding hydrogens is 340 g/mol. The number of nitrogens with one attached hydrogen (secondary N) is 1. The van der Waals surface area contributed by atoms with Crippen LogP contribution in [-0.4, -0.2) is 9.55 Å². The van der Waals surface area contributed by atoms with Gasteiger partial charge in [0.05, 0.1) is 0 Å². The van der Waals surface area contributed by atoms with Crippen LogP contribution in [0.25, 0.3) is 12.2 Å². The van der Waals surface area contributed by atoms with Crippen LogP contribution >= 0.6 is 12.2 Å².